The van der Waals surface area contributed by atoms with Gasteiger partial charge in [-0.3, -0.25) is 4.79 Å². The minimum atomic E-state index is -0.515. The quantitative estimate of drug-likeness (QED) is 0.648. The highest BCUT2D eigenvalue weighted by molar-refractivity contribution is 6.03. The Hall–Kier alpha value is -3.48. The van der Waals surface area contributed by atoms with Crippen LogP contribution >= 0.6 is 0 Å². The first-order valence-electron chi connectivity index (χ1n) is 8.86. The monoisotopic (exact) mass is 380 g/mol. The molecule has 0 aliphatic rings. The van der Waals surface area contributed by atoms with E-state index < -0.39 is 11.7 Å². The summed E-state index contributed by atoms with van der Waals surface area (Å²) in [7, 11) is 0. The van der Waals surface area contributed by atoms with Gasteiger partial charge in [-0.2, -0.15) is 0 Å². The molecule has 6 nitrogen and oxygen atoms in total. The second-order valence-corrected chi connectivity index (χ2v) is 6.44. The van der Waals surface area contributed by atoms with Gasteiger partial charge in [0.25, 0.3) is 5.91 Å². The Balaban J connectivity index is 1.76. The van der Waals surface area contributed by atoms with Gasteiger partial charge in [0.15, 0.2) is 0 Å². The number of carbonyl (C=O) groups is 1. The maximum absolute atomic E-state index is 13.8. The van der Waals surface area contributed by atoms with Gasteiger partial charge < -0.3 is 15.4 Å². The lowest BCUT2D eigenvalue weighted by atomic mass is 10.2. The molecule has 0 spiro atoms. The predicted molar refractivity (Wildman–Crippen MR) is 107 cm³/mol. The number of halogens is 1. The fourth-order valence-electron chi connectivity index (χ4n) is 2.53. The zero-order valence-corrected chi connectivity index (χ0v) is 15.9. The molecule has 144 valence electrons. The van der Waals surface area contributed by atoms with Gasteiger partial charge in [-0.15, -0.1) is 0 Å². The Kier molecular flexibility index (Phi) is 5.84. The first kappa shape index (κ1) is 19.3. The maximum atomic E-state index is 13.8. The molecule has 0 unspecified atom stereocenters. The minimum Gasteiger partial charge on any atom is -0.491 e. The number of aromatic nitrogens is 2. The summed E-state index contributed by atoms with van der Waals surface area (Å²) in [5.41, 5.74) is 1.02. The van der Waals surface area contributed by atoms with Crippen molar-refractivity contribution in [3.8, 4) is 5.75 Å². The van der Waals surface area contributed by atoms with Crippen LogP contribution < -0.4 is 15.4 Å². The number of anilines is 3. The molecule has 0 atom stereocenters. The maximum Gasteiger partial charge on any atom is 0.274 e. The third-order valence-corrected chi connectivity index (χ3v) is 3.69. The van der Waals surface area contributed by atoms with Crippen LogP contribution in [0.3, 0.4) is 0 Å². The van der Waals surface area contributed by atoms with Crippen LogP contribution in [0.5, 0.6) is 5.75 Å². The normalized spacial score (nSPS) is 10.6. The van der Waals surface area contributed by atoms with E-state index in [1.54, 1.807) is 19.1 Å². The van der Waals surface area contributed by atoms with Crippen molar-refractivity contribution in [2.75, 3.05) is 10.6 Å². The van der Waals surface area contributed by atoms with Crippen molar-refractivity contribution in [3.63, 3.8) is 0 Å². The number of para-hydroxylation sites is 1. The van der Waals surface area contributed by atoms with Crippen LogP contribution in [0.1, 0.15) is 30.2 Å². The van der Waals surface area contributed by atoms with E-state index in [1.807, 2.05) is 38.1 Å². The molecular formula is C21H21FN4O2. The fourth-order valence-corrected chi connectivity index (χ4v) is 2.53. The van der Waals surface area contributed by atoms with Gasteiger partial charge in [-0.05, 0) is 57.2 Å². The second kappa shape index (κ2) is 8.47. The molecule has 0 bridgehead atoms. The first-order valence-corrected chi connectivity index (χ1v) is 8.86. The Labute approximate surface area is 162 Å². The summed E-state index contributed by atoms with van der Waals surface area (Å²) < 4.78 is 19.4. The Bertz CT molecular complexity index is 974. The topological polar surface area (TPSA) is 76.1 Å². The van der Waals surface area contributed by atoms with Gasteiger partial charge in [-0.25, -0.2) is 14.4 Å². The summed E-state index contributed by atoms with van der Waals surface area (Å²) in [5.74, 6) is 0.625. The molecule has 2 N–H and O–H groups in total. The van der Waals surface area contributed by atoms with Gasteiger partial charge in [0.1, 0.15) is 28.9 Å². The molecule has 7 heteroatoms. The predicted octanol–water partition coefficient (Wildman–Crippen LogP) is 4.71. The number of hydrogen-bond acceptors (Lipinski definition) is 5. The van der Waals surface area contributed by atoms with E-state index in [9.17, 15) is 9.18 Å². The van der Waals surface area contributed by atoms with E-state index in [4.69, 9.17) is 4.74 Å². The molecule has 0 aliphatic carbocycles. The Morgan fingerprint density at radius 2 is 1.79 bits per heavy atom. The van der Waals surface area contributed by atoms with Crippen molar-refractivity contribution in [1.82, 2.24) is 9.97 Å². The Morgan fingerprint density at radius 1 is 1.07 bits per heavy atom. The van der Waals surface area contributed by atoms with Crippen LogP contribution in [0.2, 0.25) is 0 Å². The molecular weight excluding hydrogens is 359 g/mol. The molecule has 0 aliphatic heterocycles. The molecule has 1 amide bonds. The van der Waals surface area contributed by atoms with Gasteiger partial charge in [-0.1, -0.05) is 12.1 Å². The molecule has 0 radical (unpaired) electrons. The largest absolute Gasteiger partial charge is 0.491 e. The van der Waals surface area contributed by atoms with Crippen LogP contribution in [-0.4, -0.2) is 22.0 Å². The van der Waals surface area contributed by atoms with Crippen LogP contribution in [0.4, 0.5) is 21.6 Å². The summed E-state index contributed by atoms with van der Waals surface area (Å²) in [5, 5.41) is 5.66. The van der Waals surface area contributed by atoms with Gasteiger partial charge in [0, 0.05) is 11.8 Å². The lowest BCUT2D eigenvalue weighted by Crippen LogP contribution is -2.16. The molecule has 28 heavy (non-hydrogen) atoms. The average molecular weight is 380 g/mol. The lowest BCUT2D eigenvalue weighted by molar-refractivity contribution is 0.102. The molecule has 0 saturated heterocycles. The molecule has 1 heterocycles. The molecule has 1 aromatic heterocycles. The smallest absolute Gasteiger partial charge is 0.274 e. The number of hydrogen-bond donors (Lipinski definition) is 2. The number of nitrogens with one attached hydrogen (secondary N) is 2. The molecule has 0 fully saturated rings. The summed E-state index contributed by atoms with van der Waals surface area (Å²) in [6, 6.07) is 14.9. The van der Waals surface area contributed by atoms with Gasteiger partial charge in [0.2, 0.25) is 0 Å². The first-order chi connectivity index (χ1) is 13.4. The zero-order valence-electron chi connectivity index (χ0n) is 15.9. The summed E-state index contributed by atoms with van der Waals surface area (Å²) >= 11 is 0. The van der Waals surface area contributed by atoms with Crippen molar-refractivity contribution < 1.29 is 13.9 Å². The zero-order chi connectivity index (χ0) is 20.1. The van der Waals surface area contributed by atoms with E-state index in [2.05, 4.69) is 20.6 Å². The third kappa shape index (κ3) is 5.03. The number of benzene rings is 2. The molecule has 3 rings (SSSR count). The second-order valence-electron chi connectivity index (χ2n) is 6.44. The number of rotatable bonds is 6. The van der Waals surface area contributed by atoms with E-state index in [0.717, 1.165) is 11.4 Å². The number of carbonyl (C=O) groups excluding carboxylic acids is 1. The number of amides is 1. The van der Waals surface area contributed by atoms with E-state index in [1.165, 1.54) is 18.2 Å². The van der Waals surface area contributed by atoms with Crippen LogP contribution in [-0.2, 0) is 0 Å². The molecule has 3 aromatic rings. The lowest BCUT2D eigenvalue weighted by Gasteiger charge is -2.12. The summed E-state index contributed by atoms with van der Waals surface area (Å²) in [6.45, 7) is 5.61. The molecule has 2 aromatic carbocycles. The van der Waals surface area contributed by atoms with Gasteiger partial charge >= 0.3 is 0 Å². The van der Waals surface area contributed by atoms with Gasteiger partial charge in [0.05, 0.1) is 11.8 Å². The summed E-state index contributed by atoms with van der Waals surface area (Å²) in [6.07, 6.45) is 0.0962. The van der Waals surface area contributed by atoms with Crippen LogP contribution in [0.25, 0.3) is 0 Å². The van der Waals surface area contributed by atoms with Crippen LogP contribution in [0.15, 0.2) is 54.6 Å². The highest BCUT2D eigenvalue weighted by atomic mass is 19.1. The van der Waals surface area contributed by atoms with E-state index in [-0.39, 0.29) is 17.5 Å². The fraction of sp³-hybridized carbons (Fsp3) is 0.190. The van der Waals surface area contributed by atoms with Crippen molar-refractivity contribution in [2.24, 2.45) is 0 Å². The number of ether oxygens (including phenoxy) is 1. The third-order valence-electron chi connectivity index (χ3n) is 3.69. The highest BCUT2D eigenvalue weighted by Crippen LogP contribution is 2.21. The minimum absolute atomic E-state index is 0.0962. The van der Waals surface area contributed by atoms with E-state index in [0.29, 0.717) is 11.6 Å². The summed E-state index contributed by atoms with van der Waals surface area (Å²) in [4.78, 5) is 20.9. The number of nitrogens with zero attached hydrogens (tertiary/aromatic N) is 2. The molecule has 0 saturated carbocycles. The van der Waals surface area contributed by atoms with Crippen LogP contribution in [0, 0.1) is 12.7 Å². The standard InChI is InChI=1S/C21H21FN4O2/c1-13(2)28-16-10-8-15(9-11-16)25-20-12-19(23-14(3)24-20)21(27)26-18-7-5-4-6-17(18)22/h4-13H,1-3H3,(H,26,27)(H,23,24,25). The Morgan fingerprint density at radius 3 is 2.46 bits per heavy atom. The number of aryl methyl sites for hydroxylation is 1. The SMILES string of the molecule is Cc1nc(Nc2ccc(OC(C)C)cc2)cc(C(=O)Nc2ccccc2F)n1. The highest BCUT2D eigenvalue weighted by Gasteiger charge is 2.13. The van der Waals surface area contributed by atoms with Crippen molar-refractivity contribution in [3.05, 3.63) is 71.9 Å². The average Bonchev–Trinajstić information content (AvgIpc) is 2.64. The van der Waals surface area contributed by atoms with Crippen molar-refractivity contribution in [1.29, 1.82) is 0 Å². The van der Waals surface area contributed by atoms with Crippen molar-refractivity contribution in [2.45, 2.75) is 26.9 Å². The van der Waals surface area contributed by atoms with E-state index >= 15 is 0 Å². The van der Waals surface area contributed by atoms with Crippen molar-refractivity contribution >= 4 is 23.1 Å².